The number of aliphatic imine (C=N–C) groups is 1. The van der Waals surface area contributed by atoms with Crippen LogP contribution >= 0.6 is 27.5 Å². The number of hydrogen-bond acceptors (Lipinski definition) is 5. The first-order valence-corrected chi connectivity index (χ1v) is 10.2. The Labute approximate surface area is 173 Å². The van der Waals surface area contributed by atoms with Crippen molar-refractivity contribution in [2.24, 2.45) is 4.99 Å². The molecule has 0 bridgehead atoms. The molecule has 0 amide bonds. The van der Waals surface area contributed by atoms with E-state index in [1.807, 2.05) is 31.5 Å². The number of halogens is 2. The Bertz CT molecular complexity index is 778. The Hall–Kier alpha value is -1.76. The van der Waals surface area contributed by atoms with Crippen molar-refractivity contribution in [3.8, 4) is 0 Å². The van der Waals surface area contributed by atoms with E-state index < -0.39 is 0 Å². The molecule has 0 aromatic heterocycles. The van der Waals surface area contributed by atoms with Gasteiger partial charge in [0.05, 0.1) is 5.70 Å². The topological polar surface area (TPSA) is 54.9 Å². The van der Waals surface area contributed by atoms with Crippen LogP contribution in [0.15, 0.2) is 74.8 Å². The van der Waals surface area contributed by atoms with Crippen LogP contribution in [0.3, 0.4) is 0 Å². The summed E-state index contributed by atoms with van der Waals surface area (Å²) in [5, 5.41) is 0.713. The molecule has 0 aromatic carbocycles. The molecule has 1 atom stereocenters. The Morgan fingerprint density at radius 2 is 2.22 bits per heavy atom. The number of allylic oxidation sites excluding steroid dienone is 7. The summed E-state index contributed by atoms with van der Waals surface area (Å²) >= 11 is 10.3. The molecule has 1 aliphatic carbocycles. The lowest BCUT2D eigenvalue weighted by Gasteiger charge is -2.15. The van der Waals surface area contributed by atoms with Crippen LogP contribution in [0, 0.1) is 0 Å². The molecule has 2 N–H and O–H groups in total. The second kappa shape index (κ2) is 9.97. The minimum absolute atomic E-state index is 0.0361. The molecule has 3 aliphatic rings. The Morgan fingerprint density at radius 1 is 1.33 bits per heavy atom. The van der Waals surface area contributed by atoms with Gasteiger partial charge in [-0.2, -0.15) is 0 Å². The number of hydrazine groups is 1. The Morgan fingerprint density at radius 3 is 3.07 bits per heavy atom. The standard InChI is InChI=1S/C20H23BrClN3O2/c1-23-25-20(15-6-2-3-10-24-19(21)9-8-15)16(22)11-14-5-4-7-17-18(12-14)27-13-26-17/h4-6,8-10,12,19,23,25H,2-3,7,11,13H2,1H3/b9-8+,15-6-,20-16?,24-10-. The second-order valence-electron chi connectivity index (χ2n) is 6.15. The molecule has 5 nitrogen and oxygen atoms in total. The molecule has 0 fully saturated rings. The summed E-state index contributed by atoms with van der Waals surface area (Å²) in [4.78, 5) is 4.36. The quantitative estimate of drug-likeness (QED) is 0.360. The summed E-state index contributed by atoms with van der Waals surface area (Å²) in [6.07, 6.45) is 17.4. The molecule has 0 spiro atoms. The summed E-state index contributed by atoms with van der Waals surface area (Å²) in [7, 11) is 1.83. The van der Waals surface area contributed by atoms with E-state index in [0.717, 1.165) is 47.6 Å². The molecule has 0 radical (unpaired) electrons. The van der Waals surface area contributed by atoms with Crippen molar-refractivity contribution in [3.05, 3.63) is 69.8 Å². The minimum Gasteiger partial charge on any atom is -0.458 e. The maximum absolute atomic E-state index is 6.76. The first-order valence-electron chi connectivity index (χ1n) is 8.89. The summed E-state index contributed by atoms with van der Waals surface area (Å²) < 4.78 is 11.0. The first-order chi connectivity index (χ1) is 13.2. The SMILES string of the molecule is CNNC(=C(Cl)CC1=CC2=C(CC=C1)OCO2)C1=C\CC/C=N\C(Br)\C=C\1. The maximum atomic E-state index is 6.76. The number of alkyl halides is 1. The molecular weight excluding hydrogens is 430 g/mol. The summed E-state index contributed by atoms with van der Waals surface area (Å²) in [5.41, 5.74) is 9.14. The van der Waals surface area contributed by atoms with E-state index in [1.165, 1.54) is 0 Å². The van der Waals surface area contributed by atoms with Gasteiger partial charge in [0.2, 0.25) is 6.79 Å². The van der Waals surface area contributed by atoms with Gasteiger partial charge in [-0.05, 0) is 36.1 Å². The van der Waals surface area contributed by atoms with Gasteiger partial charge in [0.25, 0.3) is 0 Å². The highest BCUT2D eigenvalue weighted by atomic mass is 79.9. The predicted octanol–water partition coefficient (Wildman–Crippen LogP) is 4.72. The number of hydrogen-bond donors (Lipinski definition) is 2. The van der Waals surface area contributed by atoms with Gasteiger partial charge in [-0.25, -0.2) is 5.43 Å². The monoisotopic (exact) mass is 451 g/mol. The highest BCUT2D eigenvalue weighted by molar-refractivity contribution is 9.09. The number of nitrogens with zero attached hydrogens (tertiary/aromatic N) is 1. The van der Waals surface area contributed by atoms with E-state index in [2.05, 4.69) is 50.0 Å². The fourth-order valence-corrected chi connectivity index (χ4v) is 3.54. The molecule has 0 saturated heterocycles. The lowest BCUT2D eigenvalue weighted by atomic mass is 10.1. The fraction of sp³-hybridized carbons (Fsp3) is 0.350. The van der Waals surface area contributed by atoms with Crippen molar-refractivity contribution in [3.63, 3.8) is 0 Å². The third-order valence-corrected chi connectivity index (χ3v) is 5.05. The van der Waals surface area contributed by atoms with Gasteiger partial charge in [0.1, 0.15) is 10.7 Å². The summed E-state index contributed by atoms with van der Waals surface area (Å²) in [5.74, 6) is 1.67. The third-order valence-electron chi connectivity index (χ3n) is 4.19. The smallest absolute Gasteiger partial charge is 0.230 e. The highest BCUT2D eigenvalue weighted by Crippen LogP contribution is 2.30. The zero-order valence-corrected chi connectivity index (χ0v) is 17.5. The van der Waals surface area contributed by atoms with E-state index in [-0.39, 0.29) is 11.7 Å². The number of nitrogens with one attached hydrogen (secondary N) is 2. The van der Waals surface area contributed by atoms with Gasteiger partial charge in [-0.1, -0.05) is 51.8 Å². The second-order valence-corrected chi connectivity index (χ2v) is 7.55. The molecule has 27 heavy (non-hydrogen) atoms. The van der Waals surface area contributed by atoms with Crippen molar-refractivity contribution in [2.45, 2.75) is 30.6 Å². The van der Waals surface area contributed by atoms with Crippen LogP contribution in [0.4, 0.5) is 0 Å². The molecule has 0 aromatic rings. The minimum atomic E-state index is -0.0361. The molecule has 2 heterocycles. The van der Waals surface area contributed by atoms with E-state index in [9.17, 15) is 0 Å². The van der Waals surface area contributed by atoms with Gasteiger partial charge in [0.15, 0.2) is 5.76 Å². The van der Waals surface area contributed by atoms with Crippen molar-refractivity contribution in [1.29, 1.82) is 0 Å². The Balaban J connectivity index is 1.86. The lowest BCUT2D eigenvalue weighted by Crippen LogP contribution is -2.28. The highest BCUT2D eigenvalue weighted by Gasteiger charge is 2.18. The van der Waals surface area contributed by atoms with Crippen LogP contribution in [-0.2, 0) is 9.47 Å². The predicted molar refractivity (Wildman–Crippen MR) is 113 cm³/mol. The van der Waals surface area contributed by atoms with Gasteiger partial charge in [-0.15, -0.1) is 0 Å². The lowest BCUT2D eigenvalue weighted by molar-refractivity contribution is 0.0731. The van der Waals surface area contributed by atoms with E-state index in [4.69, 9.17) is 21.1 Å². The third kappa shape index (κ3) is 5.61. The Kier molecular flexibility index (Phi) is 7.38. The molecular formula is C20H23BrClN3O2. The van der Waals surface area contributed by atoms with Gasteiger partial charge >= 0.3 is 0 Å². The van der Waals surface area contributed by atoms with Crippen molar-refractivity contribution in [2.75, 3.05) is 13.8 Å². The van der Waals surface area contributed by atoms with Crippen LogP contribution in [0.5, 0.6) is 0 Å². The van der Waals surface area contributed by atoms with Gasteiger partial charge in [0, 0.05) is 31.1 Å². The first kappa shape index (κ1) is 20.0. The van der Waals surface area contributed by atoms with Crippen LogP contribution in [0.25, 0.3) is 0 Å². The number of ether oxygens (including phenoxy) is 2. The van der Waals surface area contributed by atoms with Crippen LogP contribution in [0.2, 0.25) is 0 Å². The van der Waals surface area contributed by atoms with Crippen LogP contribution in [-0.4, -0.2) is 25.0 Å². The van der Waals surface area contributed by atoms with E-state index >= 15 is 0 Å². The van der Waals surface area contributed by atoms with Crippen LogP contribution in [0.1, 0.15) is 25.7 Å². The summed E-state index contributed by atoms with van der Waals surface area (Å²) in [6, 6.07) is 0. The molecule has 7 heteroatoms. The van der Waals surface area contributed by atoms with Crippen LogP contribution < -0.4 is 10.9 Å². The molecule has 3 rings (SSSR count). The fourth-order valence-electron chi connectivity index (χ4n) is 2.91. The zero-order valence-electron chi connectivity index (χ0n) is 15.2. The normalized spacial score (nSPS) is 27.3. The van der Waals surface area contributed by atoms with E-state index in [1.54, 1.807) is 0 Å². The van der Waals surface area contributed by atoms with Crippen molar-refractivity contribution >= 4 is 33.7 Å². The number of rotatable bonds is 5. The molecule has 144 valence electrons. The zero-order chi connectivity index (χ0) is 19.1. The average molecular weight is 453 g/mol. The molecule has 0 saturated carbocycles. The average Bonchev–Trinajstić information content (AvgIpc) is 3.04. The van der Waals surface area contributed by atoms with E-state index in [0.29, 0.717) is 11.5 Å². The van der Waals surface area contributed by atoms with Crippen molar-refractivity contribution < 1.29 is 9.47 Å². The largest absolute Gasteiger partial charge is 0.458 e. The summed E-state index contributed by atoms with van der Waals surface area (Å²) in [6.45, 7) is 0.284. The van der Waals surface area contributed by atoms with Gasteiger partial charge < -0.3 is 14.9 Å². The molecule has 1 unspecified atom stereocenters. The molecule has 2 aliphatic heterocycles. The van der Waals surface area contributed by atoms with Gasteiger partial charge in [-0.3, -0.25) is 4.99 Å². The maximum Gasteiger partial charge on any atom is 0.230 e. The van der Waals surface area contributed by atoms with Crippen molar-refractivity contribution in [1.82, 2.24) is 10.9 Å².